The van der Waals surface area contributed by atoms with Gasteiger partial charge in [-0.3, -0.25) is 19.4 Å². The lowest BCUT2D eigenvalue weighted by Crippen LogP contribution is -2.48. The smallest absolute Gasteiger partial charge is 0.242 e. The van der Waals surface area contributed by atoms with Gasteiger partial charge in [0.1, 0.15) is 6.04 Å². The van der Waals surface area contributed by atoms with Crippen LogP contribution in [0.5, 0.6) is 0 Å². The zero-order valence-corrected chi connectivity index (χ0v) is 61.3. The van der Waals surface area contributed by atoms with Crippen LogP contribution in [0.25, 0.3) is 0 Å². The molecule has 2 amide bonds. The van der Waals surface area contributed by atoms with Crippen molar-refractivity contribution in [3.05, 3.63) is 24.3 Å². The number of amides is 2. The van der Waals surface area contributed by atoms with E-state index in [9.17, 15) is 30.0 Å². The second-order valence-electron chi connectivity index (χ2n) is 27.2. The van der Waals surface area contributed by atoms with Gasteiger partial charge >= 0.3 is 0 Å². The highest BCUT2D eigenvalue weighted by Gasteiger charge is 2.22. The fraction of sp³-hybridized carbons (Fsp3) is 0.921. The van der Waals surface area contributed by atoms with Crippen molar-refractivity contribution in [2.45, 2.75) is 373 Å². The van der Waals surface area contributed by atoms with E-state index in [1.807, 2.05) is 29.8 Å². The van der Waals surface area contributed by atoms with Gasteiger partial charge in [0.05, 0.1) is 24.4 Å². The molecule has 0 aliphatic heterocycles. The summed E-state index contributed by atoms with van der Waals surface area (Å²) in [6.45, 7) is 14.0. The molecule has 0 radical (unpaired) electrons. The molecule has 0 spiro atoms. The Morgan fingerprint density at radius 1 is 0.371 bits per heavy atom. The zero-order chi connectivity index (χ0) is 65.1. The van der Waals surface area contributed by atoms with Crippen molar-refractivity contribution in [1.29, 1.82) is 0 Å². The van der Waals surface area contributed by atoms with E-state index in [0.29, 0.717) is 58.7 Å². The monoisotopic (exact) mass is 1290 g/mol. The van der Waals surface area contributed by atoms with E-state index in [2.05, 4.69) is 72.4 Å². The Morgan fingerprint density at radius 3 is 1.03 bits per heavy atom. The number of hydrogen-bond donors (Lipinski definition) is 6. The summed E-state index contributed by atoms with van der Waals surface area (Å²) < 4.78 is 0. The SMILES string of the molecule is CCCCCCCC/C=C\CCCCCCC(O)CN(CCCCSSCCC(NC(=O)CCCN(CC(O)CCCCCCCCCC)CC(O)CCCCCCCCCC)C(=O)NCCN(C)C)CC(O)CCCCCC/C=C\CCCCCCCC. The first-order valence-electron chi connectivity index (χ1n) is 38.4. The third-order valence-electron chi connectivity index (χ3n) is 17.7. The highest BCUT2D eigenvalue weighted by molar-refractivity contribution is 8.76. The quantitative estimate of drug-likeness (QED) is 0.0196. The number of aliphatic hydroxyl groups excluding tert-OH is 4. The van der Waals surface area contributed by atoms with Gasteiger partial charge in [0.15, 0.2) is 0 Å². The molecule has 0 fully saturated rings. The average molecular weight is 1300 g/mol. The first-order valence-corrected chi connectivity index (χ1v) is 40.9. The standard InChI is InChI=1S/C76H151N5O6S2/c1-7-11-15-19-23-27-29-31-33-35-37-41-45-49-54-70(82)66-80(67-71(83)55-50-46-42-38-36-34-32-30-28-24-20-16-12-8-2)61-51-52-64-88-89-65-59-74(76(87)77-60-63-79(5)6)78-75(86)58-53-62-81(68-72(84)56-47-43-39-25-21-17-13-9-3)69-73(85)57-48-44-40-26-22-18-14-10-4/h31-34,70-74,82-85H,7-30,35-69H2,1-6H3,(H,77,87)(H,78,86)/b33-31-,34-32-. The van der Waals surface area contributed by atoms with Gasteiger partial charge in [-0.2, -0.15) is 0 Å². The number of allylic oxidation sites excluding steroid dienone is 4. The fourth-order valence-electron chi connectivity index (χ4n) is 12.0. The molecule has 0 rings (SSSR count). The molecule has 6 N–H and O–H groups in total. The molecule has 11 nitrogen and oxygen atoms in total. The van der Waals surface area contributed by atoms with Gasteiger partial charge in [-0.05, 0) is 130 Å². The highest BCUT2D eigenvalue weighted by Crippen LogP contribution is 2.25. The van der Waals surface area contributed by atoms with Crippen LogP contribution in [0.1, 0.15) is 342 Å². The van der Waals surface area contributed by atoms with Crippen LogP contribution in [-0.4, -0.2) is 155 Å². The summed E-state index contributed by atoms with van der Waals surface area (Å²) in [5, 5.41) is 51.0. The topological polar surface area (TPSA) is 149 Å². The number of rotatable bonds is 72. The van der Waals surface area contributed by atoms with Crippen molar-refractivity contribution < 1.29 is 30.0 Å². The Kier molecular flexibility index (Phi) is 68.8. The first-order chi connectivity index (χ1) is 43.4. The third-order valence-corrected chi connectivity index (χ3v) is 20.2. The molecular formula is C76H151N5O6S2. The summed E-state index contributed by atoms with van der Waals surface area (Å²) in [6.07, 6.45) is 64.2. The normalized spacial score (nSPS) is 13.9. The van der Waals surface area contributed by atoms with Crippen molar-refractivity contribution in [2.75, 3.05) is 78.0 Å². The van der Waals surface area contributed by atoms with E-state index in [1.54, 1.807) is 10.8 Å². The van der Waals surface area contributed by atoms with Crippen LogP contribution in [-0.2, 0) is 9.59 Å². The minimum atomic E-state index is -0.620. The molecule has 89 heavy (non-hydrogen) atoms. The van der Waals surface area contributed by atoms with E-state index in [4.69, 9.17) is 0 Å². The zero-order valence-electron chi connectivity index (χ0n) is 59.7. The average Bonchev–Trinajstić information content (AvgIpc) is 3.52. The predicted octanol–water partition coefficient (Wildman–Crippen LogP) is 18.9. The summed E-state index contributed by atoms with van der Waals surface area (Å²) in [5.74, 6) is 1.42. The fourth-order valence-corrected chi connectivity index (χ4v) is 14.2. The van der Waals surface area contributed by atoms with E-state index in [0.717, 1.165) is 121 Å². The predicted molar refractivity (Wildman–Crippen MR) is 393 cm³/mol. The lowest BCUT2D eigenvalue weighted by Gasteiger charge is -2.27. The molecule has 0 aliphatic carbocycles. The summed E-state index contributed by atoms with van der Waals surface area (Å²) in [4.78, 5) is 33.7. The largest absolute Gasteiger partial charge is 0.392 e. The van der Waals surface area contributed by atoms with Crippen molar-refractivity contribution in [3.8, 4) is 0 Å². The summed E-state index contributed by atoms with van der Waals surface area (Å²) >= 11 is 0. The van der Waals surface area contributed by atoms with E-state index in [-0.39, 0.29) is 30.4 Å². The van der Waals surface area contributed by atoms with Crippen LogP contribution in [0.2, 0.25) is 0 Å². The Morgan fingerprint density at radius 2 is 0.685 bits per heavy atom. The molecular weight excluding hydrogens is 1140 g/mol. The summed E-state index contributed by atoms with van der Waals surface area (Å²) in [7, 11) is 7.55. The van der Waals surface area contributed by atoms with Crippen LogP contribution in [0, 0.1) is 0 Å². The molecule has 0 aromatic heterocycles. The number of carbonyl (C=O) groups is 2. The molecule has 13 heteroatoms. The van der Waals surface area contributed by atoms with Crippen molar-refractivity contribution in [1.82, 2.24) is 25.3 Å². The maximum atomic E-state index is 13.6. The Balaban J connectivity index is 5.29. The van der Waals surface area contributed by atoms with Gasteiger partial charge in [0.25, 0.3) is 0 Å². The molecule has 5 unspecified atom stereocenters. The van der Waals surface area contributed by atoms with Crippen LogP contribution in [0.15, 0.2) is 24.3 Å². The molecule has 0 heterocycles. The van der Waals surface area contributed by atoms with Crippen LogP contribution in [0.3, 0.4) is 0 Å². The minimum Gasteiger partial charge on any atom is -0.392 e. The number of hydrogen-bond acceptors (Lipinski definition) is 11. The van der Waals surface area contributed by atoms with Gasteiger partial charge in [-0.1, -0.05) is 279 Å². The summed E-state index contributed by atoms with van der Waals surface area (Å²) in [6, 6.07) is -0.620. The van der Waals surface area contributed by atoms with Crippen molar-refractivity contribution >= 4 is 33.4 Å². The van der Waals surface area contributed by atoms with Gasteiger partial charge in [-0.25, -0.2) is 0 Å². The lowest BCUT2D eigenvalue weighted by molar-refractivity contribution is -0.129. The number of unbranched alkanes of at least 4 members (excludes halogenated alkanes) is 35. The van der Waals surface area contributed by atoms with Crippen LogP contribution < -0.4 is 10.6 Å². The van der Waals surface area contributed by atoms with E-state index < -0.39 is 18.2 Å². The Hall–Kier alpha value is -1.16. The molecule has 0 bridgehead atoms. The lowest BCUT2D eigenvalue weighted by atomic mass is 10.0. The van der Waals surface area contributed by atoms with Crippen LogP contribution in [0.4, 0.5) is 0 Å². The second-order valence-corrected chi connectivity index (χ2v) is 29.9. The molecule has 5 atom stereocenters. The number of likely N-dealkylation sites (N-methyl/N-ethyl adjacent to an activating group) is 1. The molecule has 0 aromatic carbocycles. The molecule has 0 saturated heterocycles. The molecule has 0 aromatic rings. The molecule has 0 saturated carbocycles. The van der Waals surface area contributed by atoms with Crippen molar-refractivity contribution in [3.63, 3.8) is 0 Å². The third kappa shape index (κ3) is 65.3. The second kappa shape index (κ2) is 69.7. The van der Waals surface area contributed by atoms with Crippen LogP contribution >= 0.6 is 21.6 Å². The highest BCUT2D eigenvalue weighted by atomic mass is 33.1. The van der Waals surface area contributed by atoms with E-state index >= 15 is 0 Å². The van der Waals surface area contributed by atoms with Gasteiger partial charge < -0.3 is 36.0 Å². The van der Waals surface area contributed by atoms with E-state index in [1.165, 1.54) is 193 Å². The number of nitrogens with zero attached hydrogens (tertiary/aromatic N) is 3. The van der Waals surface area contributed by atoms with Crippen molar-refractivity contribution in [2.24, 2.45) is 0 Å². The first kappa shape index (κ1) is 87.8. The number of aliphatic hydroxyl groups is 4. The van der Waals surface area contributed by atoms with Gasteiger partial charge in [0, 0.05) is 57.2 Å². The molecule has 528 valence electrons. The minimum absolute atomic E-state index is 0.136. The van der Waals surface area contributed by atoms with Gasteiger partial charge in [-0.15, -0.1) is 0 Å². The molecule has 0 aliphatic rings. The Bertz CT molecular complexity index is 1460. The maximum Gasteiger partial charge on any atom is 0.242 e. The maximum absolute atomic E-state index is 13.6. The Labute approximate surface area is 560 Å². The summed E-state index contributed by atoms with van der Waals surface area (Å²) in [5.41, 5.74) is 0. The van der Waals surface area contributed by atoms with Gasteiger partial charge in [0.2, 0.25) is 11.8 Å². The number of carbonyl (C=O) groups excluding carboxylic acids is 2. The number of nitrogens with one attached hydrogen (secondary N) is 2.